The Bertz CT molecular complexity index is 131. The van der Waals surface area contributed by atoms with Gasteiger partial charge in [0.05, 0.1) is 0 Å². The third-order valence-electron chi connectivity index (χ3n) is 1.68. The van der Waals surface area contributed by atoms with Gasteiger partial charge >= 0.3 is 0 Å². The first-order valence-corrected chi connectivity index (χ1v) is 5.66. The largest absolute Gasteiger partial charge is 0.100 e. The van der Waals surface area contributed by atoms with E-state index in [1.807, 2.05) is 13.8 Å². The van der Waals surface area contributed by atoms with Crippen LogP contribution in [0.15, 0.2) is 23.3 Å². The Hall–Kier alpha value is -0.520. The predicted molar refractivity (Wildman–Crippen MR) is 70.8 cm³/mol. The lowest BCUT2D eigenvalue weighted by Gasteiger charge is -1.88. The van der Waals surface area contributed by atoms with E-state index in [1.165, 1.54) is 29.6 Å². The molecular formula is C14H30. The molecule has 0 heterocycles. The maximum atomic E-state index is 3.74. The van der Waals surface area contributed by atoms with Crippen LogP contribution in [0.25, 0.3) is 0 Å². The highest BCUT2D eigenvalue weighted by Crippen LogP contribution is 1.97. The van der Waals surface area contributed by atoms with E-state index in [9.17, 15) is 0 Å². The van der Waals surface area contributed by atoms with Crippen molar-refractivity contribution in [2.45, 2.75) is 68.2 Å². The lowest BCUT2D eigenvalue weighted by atomic mass is 10.2. The van der Waals surface area contributed by atoms with Crippen molar-refractivity contribution in [3.8, 4) is 0 Å². The number of rotatable bonds is 2. The third kappa shape index (κ3) is 30.0. The lowest BCUT2D eigenvalue weighted by molar-refractivity contribution is 0.910. The molecule has 0 aromatic carbocycles. The van der Waals surface area contributed by atoms with E-state index in [1.54, 1.807) is 0 Å². The minimum Gasteiger partial charge on any atom is -0.100 e. The van der Waals surface area contributed by atoms with Crippen LogP contribution in [0.3, 0.4) is 0 Å². The fourth-order valence-electron chi connectivity index (χ4n) is 0.427. The van der Waals surface area contributed by atoms with Crippen molar-refractivity contribution in [1.82, 2.24) is 0 Å². The maximum Gasteiger partial charge on any atom is -0.0328 e. The molecule has 0 bridgehead atoms. The Balaban J connectivity index is -0.000000147. The van der Waals surface area contributed by atoms with Crippen LogP contribution in [0.4, 0.5) is 0 Å². The summed E-state index contributed by atoms with van der Waals surface area (Å²) >= 11 is 0. The zero-order chi connectivity index (χ0) is 12.1. The van der Waals surface area contributed by atoms with E-state index in [-0.39, 0.29) is 0 Å². The summed E-state index contributed by atoms with van der Waals surface area (Å²) in [6, 6.07) is 0. The summed E-state index contributed by atoms with van der Waals surface area (Å²) in [5.74, 6) is 0. The van der Waals surface area contributed by atoms with Crippen molar-refractivity contribution in [1.29, 1.82) is 0 Å². The van der Waals surface area contributed by atoms with Crippen molar-refractivity contribution < 1.29 is 0 Å². The normalized spacial score (nSPS) is 7.43. The summed E-state index contributed by atoms with van der Waals surface area (Å²) in [6.07, 6.45) is 2.41. The van der Waals surface area contributed by atoms with Gasteiger partial charge in [-0.15, -0.1) is 6.58 Å². The molecule has 0 amide bonds. The van der Waals surface area contributed by atoms with E-state index in [4.69, 9.17) is 0 Å². The van der Waals surface area contributed by atoms with Crippen molar-refractivity contribution in [3.63, 3.8) is 0 Å². The van der Waals surface area contributed by atoms with E-state index >= 15 is 0 Å². The van der Waals surface area contributed by atoms with Crippen LogP contribution < -0.4 is 0 Å². The Kier molecular flexibility index (Phi) is 20.4. The minimum absolute atomic E-state index is 1.18. The van der Waals surface area contributed by atoms with Gasteiger partial charge in [0.25, 0.3) is 0 Å². The summed E-state index contributed by atoms with van der Waals surface area (Å²) in [5.41, 5.74) is 4.14. The van der Waals surface area contributed by atoms with Gasteiger partial charge in [0.2, 0.25) is 0 Å². The molecule has 86 valence electrons. The van der Waals surface area contributed by atoms with Crippen LogP contribution >= 0.6 is 0 Å². The van der Waals surface area contributed by atoms with Crippen LogP contribution in [-0.4, -0.2) is 0 Å². The lowest BCUT2D eigenvalue weighted by Crippen LogP contribution is -1.66. The van der Waals surface area contributed by atoms with Gasteiger partial charge in [-0.3, -0.25) is 0 Å². The highest BCUT2D eigenvalue weighted by atomic mass is 13.8. The topological polar surface area (TPSA) is 0 Å². The SMILES string of the molecule is C=C(C)CCC.CC.CC(C)=C(C)C. The molecule has 0 N–H and O–H groups in total. The average molecular weight is 198 g/mol. The van der Waals surface area contributed by atoms with E-state index < -0.39 is 0 Å². The number of allylic oxidation sites excluding steroid dienone is 3. The van der Waals surface area contributed by atoms with Crippen molar-refractivity contribution in [3.05, 3.63) is 23.3 Å². The summed E-state index contributed by atoms with van der Waals surface area (Å²) in [5, 5.41) is 0. The molecule has 0 heteroatoms. The Morgan fingerprint density at radius 2 is 1.14 bits per heavy atom. The van der Waals surface area contributed by atoms with Gasteiger partial charge in [-0.1, -0.05) is 43.9 Å². The Morgan fingerprint density at radius 3 is 1.14 bits per heavy atom. The maximum absolute atomic E-state index is 3.74. The fraction of sp³-hybridized carbons (Fsp3) is 0.714. The molecule has 0 unspecified atom stereocenters. The van der Waals surface area contributed by atoms with Crippen molar-refractivity contribution in [2.75, 3.05) is 0 Å². The second-order valence-electron chi connectivity index (χ2n) is 3.71. The molecule has 0 rings (SSSR count). The molecule has 0 saturated carbocycles. The van der Waals surface area contributed by atoms with Crippen LogP contribution in [0, 0.1) is 0 Å². The molecule has 14 heavy (non-hydrogen) atoms. The predicted octanol–water partition coefficient (Wildman–Crippen LogP) is 5.75. The quantitative estimate of drug-likeness (QED) is 0.495. The van der Waals surface area contributed by atoms with Gasteiger partial charge in [0.15, 0.2) is 0 Å². The van der Waals surface area contributed by atoms with Gasteiger partial charge < -0.3 is 0 Å². The summed E-state index contributed by atoms with van der Waals surface area (Å²) in [4.78, 5) is 0. The van der Waals surface area contributed by atoms with Gasteiger partial charge in [-0.2, -0.15) is 0 Å². The summed E-state index contributed by atoms with van der Waals surface area (Å²) in [7, 11) is 0. The number of hydrogen-bond donors (Lipinski definition) is 0. The second-order valence-corrected chi connectivity index (χ2v) is 3.71. The number of hydrogen-bond acceptors (Lipinski definition) is 0. The van der Waals surface area contributed by atoms with Gasteiger partial charge in [-0.05, 0) is 41.0 Å². The van der Waals surface area contributed by atoms with Gasteiger partial charge in [-0.25, -0.2) is 0 Å². The molecule has 0 radical (unpaired) electrons. The van der Waals surface area contributed by atoms with E-state index in [0.717, 1.165) is 0 Å². The molecule has 0 spiro atoms. The molecule has 0 aliphatic heterocycles. The van der Waals surface area contributed by atoms with Crippen LogP contribution in [0.5, 0.6) is 0 Å². The molecule has 0 nitrogen and oxygen atoms in total. The zero-order valence-corrected chi connectivity index (χ0v) is 11.6. The highest BCUT2D eigenvalue weighted by molar-refractivity contribution is 5.02. The molecule has 0 aliphatic rings. The average Bonchev–Trinajstić information content (AvgIpc) is 2.08. The first-order chi connectivity index (χ1) is 6.41. The molecule has 0 saturated heterocycles. The Labute approximate surface area is 92.1 Å². The van der Waals surface area contributed by atoms with Crippen LogP contribution in [0.1, 0.15) is 68.2 Å². The van der Waals surface area contributed by atoms with Crippen LogP contribution in [-0.2, 0) is 0 Å². The smallest absolute Gasteiger partial charge is 0.0328 e. The Morgan fingerprint density at radius 1 is 0.857 bits per heavy atom. The zero-order valence-electron chi connectivity index (χ0n) is 11.6. The molecule has 0 atom stereocenters. The summed E-state index contributed by atoms with van der Waals surface area (Å²) < 4.78 is 0. The van der Waals surface area contributed by atoms with Gasteiger partial charge in [0.1, 0.15) is 0 Å². The second kappa shape index (κ2) is 15.0. The third-order valence-corrected chi connectivity index (χ3v) is 1.68. The molecule has 0 aromatic heterocycles. The highest BCUT2D eigenvalue weighted by Gasteiger charge is 1.76. The standard InChI is InChI=1S/2C6H12.C2H6/c1-5(2)6(3)4;1-4-5-6(2)3;1-2/h1-4H3;2,4-5H2,1,3H3;1-2H3. The van der Waals surface area contributed by atoms with Crippen molar-refractivity contribution >= 4 is 0 Å². The molecule has 0 aliphatic carbocycles. The monoisotopic (exact) mass is 198 g/mol. The van der Waals surface area contributed by atoms with Crippen molar-refractivity contribution in [2.24, 2.45) is 0 Å². The first kappa shape index (κ1) is 19.1. The summed E-state index contributed by atoms with van der Waals surface area (Å²) in [6.45, 7) is 20.4. The van der Waals surface area contributed by atoms with Crippen LogP contribution in [0.2, 0.25) is 0 Å². The van der Waals surface area contributed by atoms with E-state index in [0.29, 0.717) is 0 Å². The molecular weight excluding hydrogens is 168 g/mol. The fourth-order valence-corrected chi connectivity index (χ4v) is 0.427. The van der Waals surface area contributed by atoms with Gasteiger partial charge in [0, 0.05) is 0 Å². The first-order valence-electron chi connectivity index (χ1n) is 5.66. The van der Waals surface area contributed by atoms with E-state index in [2.05, 4.69) is 48.1 Å². The minimum atomic E-state index is 1.18. The molecule has 0 fully saturated rings. The molecule has 0 aromatic rings.